The second-order valence-corrected chi connectivity index (χ2v) is 6.24. The van der Waals surface area contributed by atoms with Gasteiger partial charge in [-0.2, -0.15) is 0 Å². The molecule has 116 valence electrons. The summed E-state index contributed by atoms with van der Waals surface area (Å²) < 4.78 is 4.96. The summed E-state index contributed by atoms with van der Waals surface area (Å²) in [6.45, 7) is 4.95. The number of thioether (sulfide) groups is 1. The Labute approximate surface area is 125 Å². The lowest BCUT2D eigenvalue weighted by Crippen LogP contribution is -2.45. The quantitative estimate of drug-likeness (QED) is 0.621. The number of amides is 3. The van der Waals surface area contributed by atoms with Crippen LogP contribution in [-0.4, -0.2) is 46.4 Å². The van der Waals surface area contributed by atoms with E-state index in [0.29, 0.717) is 0 Å². The zero-order valence-electron chi connectivity index (χ0n) is 11.8. The van der Waals surface area contributed by atoms with E-state index in [0.717, 1.165) is 17.8 Å². The van der Waals surface area contributed by atoms with Gasteiger partial charge in [0.15, 0.2) is 0 Å². The van der Waals surface area contributed by atoms with Crippen molar-refractivity contribution in [3.05, 3.63) is 11.0 Å². The Kier molecular flexibility index (Phi) is 5.36. The first kappa shape index (κ1) is 17.0. The minimum absolute atomic E-state index is 0.109. The fourth-order valence-electron chi connectivity index (χ4n) is 1.30. The summed E-state index contributed by atoms with van der Waals surface area (Å²) in [5.74, 6) is -2.50. The number of aliphatic carboxylic acids is 1. The molecule has 1 rings (SSSR count). The molecule has 3 N–H and O–H groups in total. The average Bonchev–Trinajstić information content (AvgIpc) is 2.60. The summed E-state index contributed by atoms with van der Waals surface area (Å²) in [5.41, 5.74) is -0.749. The monoisotopic (exact) mass is 316 g/mol. The lowest BCUT2D eigenvalue weighted by atomic mass is 10.2. The highest BCUT2D eigenvalue weighted by atomic mass is 32.2. The highest BCUT2D eigenvalue weighted by Gasteiger charge is 2.27. The fourth-order valence-corrected chi connectivity index (χ4v) is 2.24. The molecule has 0 fully saturated rings. The molecular weight excluding hydrogens is 300 g/mol. The third kappa shape index (κ3) is 5.86. The van der Waals surface area contributed by atoms with Gasteiger partial charge in [-0.25, -0.2) is 9.59 Å². The van der Waals surface area contributed by atoms with Gasteiger partial charge in [-0.05, 0) is 20.8 Å². The lowest BCUT2D eigenvalue weighted by molar-refractivity contribution is -0.138. The van der Waals surface area contributed by atoms with Gasteiger partial charge >= 0.3 is 12.1 Å². The van der Waals surface area contributed by atoms with Crippen LogP contribution in [0.5, 0.6) is 0 Å². The van der Waals surface area contributed by atoms with Crippen molar-refractivity contribution in [3.8, 4) is 0 Å². The number of carboxylic acids is 1. The first-order chi connectivity index (χ1) is 9.58. The van der Waals surface area contributed by atoms with Crippen molar-refractivity contribution in [2.75, 3.05) is 5.75 Å². The van der Waals surface area contributed by atoms with Crippen LogP contribution in [0.1, 0.15) is 20.8 Å². The minimum atomic E-state index is -1.27. The lowest BCUT2D eigenvalue weighted by Gasteiger charge is -2.21. The Balaban J connectivity index is 2.57. The summed E-state index contributed by atoms with van der Waals surface area (Å²) in [4.78, 5) is 45.0. The van der Waals surface area contributed by atoms with E-state index in [1.807, 2.05) is 5.32 Å². The highest BCUT2D eigenvalue weighted by Crippen LogP contribution is 2.20. The SMILES string of the molecule is CC(C)(C)OC(=O)N[C@@H](CSC1=CC(=O)NC1=O)C(=O)O. The van der Waals surface area contributed by atoms with Crippen LogP contribution in [0.3, 0.4) is 0 Å². The van der Waals surface area contributed by atoms with E-state index in [1.54, 1.807) is 20.8 Å². The Morgan fingerprint density at radius 2 is 2.05 bits per heavy atom. The van der Waals surface area contributed by atoms with Crippen molar-refractivity contribution in [3.63, 3.8) is 0 Å². The molecule has 0 spiro atoms. The number of nitrogens with one attached hydrogen (secondary N) is 2. The van der Waals surface area contributed by atoms with Crippen LogP contribution in [0.2, 0.25) is 0 Å². The van der Waals surface area contributed by atoms with E-state index in [9.17, 15) is 19.2 Å². The first-order valence-electron chi connectivity index (χ1n) is 6.00. The molecule has 8 nitrogen and oxygen atoms in total. The molecular formula is C12H16N2O6S. The normalized spacial score (nSPS) is 16.0. The third-order valence-corrected chi connectivity index (χ3v) is 3.23. The van der Waals surface area contributed by atoms with Gasteiger partial charge in [-0.15, -0.1) is 11.8 Å². The topological polar surface area (TPSA) is 122 Å². The van der Waals surface area contributed by atoms with Crippen LogP contribution in [0.15, 0.2) is 11.0 Å². The predicted octanol–water partition coefficient (Wildman–Crippen LogP) is 0.238. The minimum Gasteiger partial charge on any atom is -0.480 e. The molecule has 21 heavy (non-hydrogen) atoms. The van der Waals surface area contributed by atoms with Crippen LogP contribution in [0.4, 0.5) is 4.79 Å². The number of imide groups is 1. The molecule has 9 heteroatoms. The van der Waals surface area contributed by atoms with Crippen LogP contribution >= 0.6 is 11.8 Å². The van der Waals surface area contributed by atoms with Crippen LogP contribution in [0, 0.1) is 0 Å². The number of ether oxygens (including phenoxy) is 1. The van der Waals surface area contributed by atoms with E-state index in [1.165, 1.54) is 0 Å². The zero-order valence-corrected chi connectivity index (χ0v) is 12.6. The molecule has 0 saturated heterocycles. The van der Waals surface area contributed by atoms with Gasteiger partial charge in [-0.1, -0.05) is 0 Å². The average molecular weight is 316 g/mol. The second-order valence-electron chi connectivity index (χ2n) is 5.18. The molecule has 0 aromatic rings. The molecule has 0 aromatic carbocycles. The fraction of sp³-hybridized carbons (Fsp3) is 0.500. The van der Waals surface area contributed by atoms with Crippen molar-refractivity contribution in [1.29, 1.82) is 0 Å². The number of hydrogen-bond acceptors (Lipinski definition) is 6. The standard InChI is InChI=1S/C12H16N2O6S/c1-12(2,3)20-11(19)13-6(10(17)18)5-21-7-4-8(15)14-9(7)16/h4,6H,5H2,1-3H3,(H,13,19)(H,17,18)(H,14,15,16)/t6-/m0/s1. The molecule has 0 radical (unpaired) electrons. The van der Waals surface area contributed by atoms with E-state index >= 15 is 0 Å². The Bertz CT molecular complexity index is 508. The van der Waals surface area contributed by atoms with Crippen molar-refractivity contribution in [2.24, 2.45) is 0 Å². The Morgan fingerprint density at radius 1 is 1.43 bits per heavy atom. The summed E-state index contributed by atoms with van der Waals surface area (Å²) in [7, 11) is 0. The number of alkyl carbamates (subject to hydrolysis) is 1. The van der Waals surface area contributed by atoms with E-state index in [4.69, 9.17) is 9.84 Å². The molecule has 0 unspecified atom stereocenters. The Morgan fingerprint density at radius 3 is 2.48 bits per heavy atom. The summed E-state index contributed by atoms with van der Waals surface area (Å²) >= 11 is 0.869. The van der Waals surface area contributed by atoms with Crippen LogP contribution < -0.4 is 10.6 Å². The van der Waals surface area contributed by atoms with Gasteiger partial charge in [0.1, 0.15) is 11.6 Å². The molecule has 0 aromatic heterocycles. The predicted molar refractivity (Wildman–Crippen MR) is 74.5 cm³/mol. The number of carbonyl (C=O) groups excluding carboxylic acids is 3. The molecule has 1 heterocycles. The van der Waals surface area contributed by atoms with Gasteiger partial charge in [0.2, 0.25) is 0 Å². The summed E-state index contributed by atoms with van der Waals surface area (Å²) in [6, 6.07) is -1.24. The molecule has 0 aliphatic carbocycles. The van der Waals surface area contributed by atoms with Gasteiger partial charge in [0.25, 0.3) is 11.8 Å². The zero-order chi connectivity index (χ0) is 16.2. The summed E-state index contributed by atoms with van der Waals surface area (Å²) in [6.07, 6.45) is 0.218. The number of rotatable bonds is 5. The maximum atomic E-state index is 11.5. The van der Waals surface area contributed by atoms with Gasteiger partial charge in [-0.3, -0.25) is 14.9 Å². The molecule has 0 saturated carbocycles. The maximum absolute atomic E-state index is 11.5. The highest BCUT2D eigenvalue weighted by molar-refractivity contribution is 8.04. The smallest absolute Gasteiger partial charge is 0.408 e. The Hall–Kier alpha value is -2.03. The van der Waals surface area contributed by atoms with Gasteiger partial charge < -0.3 is 15.2 Å². The number of hydrogen-bond donors (Lipinski definition) is 3. The molecule has 1 atom stereocenters. The van der Waals surface area contributed by atoms with E-state index in [2.05, 4.69) is 5.32 Å². The van der Waals surface area contributed by atoms with E-state index < -0.39 is 35.5 Å². The van der Waals surface area contributed by atoms with Crippen molar-refractivity contribution >= 4 is 35.6 Å². The van der Waals surface area contributed by atoms with Crippen molar-refractivity contribution < 1.29 is 29.0 Å². The molecule has 3 amide bonds. The molecule has 0 bridgehead atoms. The molecule has 1 aliphatic heterocycles. The van der Waals surface area contributed by atoms with Crippen molar-refractivity contribution in [1.82, 2.24) is 10.6 Å². The maximum Gasteiger partial charge on any atom is 0.408 e. The summed E-state index contributed by atoms with van der Waals surface area (Å²) in [5, 5.41) is 13.3. The number of carbonyl (C=O) groups is 4. The van der Waals surface area contributed by atoms with Crippen molar-refractivity contribution in [2.45, 2.75) is 32.4 Å². The molecule has 1 aliphatic rings. The van der Waals surface area contributed by atoms with Gasteiger partial charge in [0.05, 0.1) is 4.91 Å². The van der Waals surface area contributed by atoms with Gasteiger partial charge in [0, 0.05) is 11.8 Å². The van der Waals surface area contributed by atoms with E-state index in [-0.39, 0.29) is 10.7 Å². The second kappa shape index (κ2) is 6.61. The number of carboxylic acid groups (broad SMARTS) is 1. The third-order valence-electron chi connectivity index (χ3n) is 2.12. The van der Waals surface area contributed by atoms with Crippen LogP contribution in [0.25, 0.3) is 0 Å². The first-order valence-corrected chi connectivity index (χ1v) is 6.99. The van der Waals surface area contributed by atoms with Crippen LogP contribution in [-0.2, 0) is 19.1 Å². The largest absolute Gasteiger partial charge is 0.480 e.